The number of hydrogen-bond acceptors (Lipinski definition) is 5. The number of ether oxygens (including phenoxy) is 3. The van der Waals surface area contributed by atoms with Crippen molar-refractivity contribution in [2.45, 2.75) is 39.0 Å². The standard InChI is InChI=1S/C23H30N2O5/c1-3-4-5-6-9-16-29-19-14-12-18(13-15-19)23(27)25-24-22(26)17-30-21-11-8-7-10-20(21)28-2/h7-8,10-15H,3-6,9,16-17H2,1-2H3,(H,24,26)(H,25,27). The Morgan fingerprint density at radius 2 is 1.53 bits per heavy atom. The van der Waals surface area contributed by atoms with Gasteiger partial charge in [-0.05, 0) is 42.8 Å². The minimum atomic E-state index is -0.489. The first-order chi connectivity index (χ1) is 14.6. The van der Waals surface area contributed by atoms with E-state index in [4.69, 9.17) is 14.2 Å². The van der Waals surface area contributed by atoms with Gasteiger partial charge in [0.1, 0.15) is 5.75 Å². The van der Waals surface area contributed by atoms with Crippen molar-refractivity contribution in [1.29, 1.82) is 0 Å². The van der Waals surface area contributed by atoms with Gasteiger partial charge in [-0.1, -0.05) is 44.7 Å². The lowest BCUT2D eigenvalue weighted by molar-refractivity contribution is -0.123. The maximum atomic E-state index is 12.2. The van der Waals surface area contributed by atoms with Crippen LogP contribution in [-0.2, 0) is 4.79 Å². The van der Waals surface area contributed by atoms with Crippen LogP contribution in [-0.4, -0.2) is 32.1 Å². The molecule has 2 amide bonds. The van der Waals surface area contributed by atoms with E-state index in [9.17, 15) is 9.59 Å². The molecule has 0 saturated carbocycles. The Kier molecular flexibility index (Phi) is 10.1. The van der Waals surface area contributed by atoms with Crippen molar-refractivity contribution in [2.75, 3.05) is 20.3 Å². The minimum Gasteiger partial charge on any atom is -0.494 e. The summed E-state index contributed by atoms with van der Waals surface area (Å²) in [6, 6.07) is 13.8. The van der Waals surface area contributed by atoms with Gasteiger partial charge in [0.2, 0.25) is 0 Å². The van der Waals surface area contributed by atoms with Gasteiger partial charge < -0.3 is 14.2 Å². The van der Waals surface area contributed by atoms with Gasteiger partial charge in [0.25, 0.3) is 11.8 Å². The van der Waals surface area contributed by atoms with Crippen LogP contribution < -0.4 is 25.1 Å². The van der Waals surface area contributed by atoms with E-state index in [2.05, 4.69) is 17.8 Å². The third-order valence-electron chi connectivity index (χ3n) is 4.38. The van der Waals surface area contributed by atoms with Crippen molar-refractivity contribution < 1.29 is 23.8 Å². The average molecular weight is 415 g/mol. The van der Waals surface area contributed by atoms with Gasteiger partial charge in [-0.25, -0.2) is 0 Å². The Balaban J connectivity index is 1.69. The zero-order valence-corrected chi connectivity index (χ0v) is 17.6. The molecule has 7 heteroatoms. The molecule has 0 aliphatic heterocycles. The van der Waals surface area contributed by atoms with Crippen LogP contribution in [0.3, 0.4) is 0 Å². The summed E-state index contributed by atoms with van der Waals surface area (Å²) in [5.41, 5.74) is 5.10. The Morgan fingerprint density at radius 1 is 0.833 bits per heavy atom. The van der Waals surface area contributed by atoms with E-state index in [1.807, 2.05) is 0 Å². The molecule has 0 spiro atoms. The highest BCUT2D eigenvalue weighted by Gasteiger charge is 2.10. The van der Waals surface area contributed by atoms with Crippen LogP contribution in [0.2, 0.25) is 0 Å². The molecule has 2 aromatic rings. The lowest BCUT2D eigenvalue weighted by Crippen LogP contribution is -2.43. The number of para-hydroxylation sites is 2. The molecule has 30 heavy (non-hydrogen) atoms. The Bertz CT molecular complexity index is 792. The Hall–Kier alpha value is -3.22. The van der Waals surface area contributed by atoms with E-state index < -0.39 is 11.8 Å². The van der Waals surface area contributed by atoms with E-state index in [1.54, 1.807) is 48.5 Å². The molecule has 0 atom stereocenters. The molecule has 0 heterocycles. The fourth-order valence-corrected chi connectivity index (χ4v) is 2.71. The lowest BCUT2D eigenvalue weighted by Gasteiger charge is -2.11. The summed E-state index contributed by atoms with van der Waals surface area (Å²) in [6.07, 6.45) is 5.89. The minimum absolute atomic E-state index is 0.258. The number of benzene rings is 2. The molecule has 162 valence electrons. The Morgan fingerprint density at radius 3 is 2.23 bits per heavy atom. The third-order valence-corrected chi connectivity index (χ3v) is 4.38. The SMILES string of the molecule is CCCCCCCOc1ccc(C(=O)NNC(=O)COc2ccccc2OC)cc1. The van der Waals surface area contributed by atoms with Crippen LogP contribution in [0.1, 0.15) is 49.4 Å². The topological polar surface area (TPSA) is 85.9 Å². The second kappa shape index (κ2) is 13.1. The van der Waals surface area contributed by atoms with Crippen LogP contribution in [0.4, 0.5) is 0 Å². The maximum absolute atomic E-state index is 12.2. The largest absolute Gasteiger partial charge is 0.494 e. The van der Waals surface area contributed by atoms with Crippen LogP contribution >= 0.6 is 0 Å². The number of amides is 2. The van der Waals surface area contributed by atoms with Crippen molar-refractivity contribution in [3.05, 3.63) is 54.1 Å². The number of methoxy groups -OCH3 is 1. The van der Waals surface area contributed by atoms with Crippen LogP contribution in [0.25, 0.3) is 0 Å². The highest BCUT2D eigenvalue weighted by molar-refractivity contribution is 5.95. The molecule has 7 nitrogen and oxygen atoms in total. The molecule has 0 radical (unpaired) electrons. The number of unbranched alkanes of at least 4 members (excludes halogenated alkanes) is 4. The monoisotopic (exact) mass is 414 g/mol. The summed E-state index contributed by atoms with van der Waals surface area (Å²) < 4.78 is 16.2. The average Bonchev–Trinajstić information content (AvgIpc) is 2.79. The molecular formula is C23H30N2O5. The van der Waals surface area contributed by atoms with Crippen LogP contribution in [0, 0.1) is 0 Å². The summed E-state index contributed by atoms with van der Waals surface area (Å²) in [5.74, 6) is 0.778. The molecule has 0 bridgehead atoms. The second-order valence-corrected chi connectivity index (χ2v) is 6.73. The van der Waals surface area contributed by atoms with E-state index in [-0.39, 0.29) is 6.61 Å². The molecule has 2 aromatic carbocycles. The van der Waals surface area contributed by atoms with Crippen LogP contribution in [0.5, 0.6) is 17.2 Å². The summed E-state index contributed by atoms with van der Waals surface area (Å²) in [5, 5.41) is 0. The number of hydrazine groups is 1. The van der Waals surface area contributed by atoms with Gasteiger partial charge in [0, 0.05) is 5.56 Å². The van der Waals surface area contributed by atoms with Crippen molar-refractivity contribution in [3.8, 4) is 17.2 Å². The van der Waals surface area contributed by atoms with E-state index in [0.29, 0.717) is 23.7 Å². The quantitative estimate of drug-likeness (QED) is 0.407. The number of nitrogens with one attached hydrogen (secondary N) is 2. The van der Waals surface area contributed by atoms with Crippen molar-refractivity contribution in [1.82, 2.24) is 10.9 Å². The summed E-state index contributed by atoms with van der Waals surface area (Å²) in [4.78, 5) is 24.1. The van der Waals surface area contributed by atoms with Gasteiger partial charge in [0.05, 0.1) is 13.7 Å². The third kappa shape index (κ3) is 8.03. The summed E-state index contributed by atoms with van der Waals surface area (Å²) in [6.45, 7) is 2.60. The summed E-state index contributed by atoms with van der Waals surface area (Å²) >= 11 is 0. The number of rotatable bonds is 12. The maximum Gasteiger partial charge on any atom is 0.276 e. The smallest absolute Gasteiger partial charge is 0.276 e. The van der Waals surface area contributed by atoms with Gasteiger partial charge in [-0.3, -0.25) is 20.4 Å². The fourth-order valence-electron chi connectivity index (χ4n) is 2.71. The predicted molar refractivity (Wildman–Crippen MR) is 115 cm³/mol. The first kappa shape index (κ1) is 23.1. The lowest BCUT2D eigenvalue weighted by atomic mass is 10.2. The van der Waals surface area contributed by atoms with Gasteiger partial charge >= 0.3 is 0 Å². The predicted octanol–water partition coefficient (Wildman–Crippen LogP) is 3.88. The van der Waals surface area contributed by atoms with Crippen molar-refractivity contribution in [3.63, 3.8) is 0 Å². The normalized spacial score (nSPS) is 10.2. The van der Waals surface area contributed by atoms with Crippen LogP contribution in [0.15, 0.2) is 48.5 Å². The molecular weight excluding hydrogens is 384 g/mol. The first-order valence-electron chi connectivity index (χ1n) is 10.2. The van der Waals surface area contributed by atoms with E-state index in [0.717, 1.165) is 18.6 Å². The highest BCUT2D eigenvalue weighted by Crippen LogP contribution is 2.25. The number of hydrogen-bond donors (Lipinski definition) is 2. The molecule has 0 aliphatic rings. The van der Waals surface area contributed by atoms with E-state index >= 15 is 0 Å². The van der Waals surface area contributed by atoms with Gasteiger partial charge in [0.15, 0.2) is 18.1 Å². The zero-order chi connectivity index (χ0) is 21.6. The molecule has 0 unspecified atom stereocenters. The zero-order valence-electron chi connectivity index (χ0n) is 17.6. The number of carbonyl (C=O) groups is 2. The molecule has 0 fully saturated rings. The van der Waals surface area contributed by atoms with Crippen molar-refractivity contribution >= 4 is 11.8 Å². The molecule has 0 saturated heterocycles. The first-order valence-corrected chi connectivity index (χ1v) is 10.2. The van der Waals surface area contributed by atoms with Gasteiger partial charge in [-0.2, -0.15) is 0 Å². The van der Waals surface area contributed by atoms with E-state index in [1.165, 1.54) is 26.4 Å². The number of carbonyl (C=O) groups excluding carboxylic acids is 2. The molecule has 2 N–H and O–H groups in total. The second-order valence-electron chi connectivity index (χ2n) is 6.73. The molecule has 0 aromatic heterocycles. The highest BCUT2D eigenvalue weighted by atomic mass is 16.5. The molecule has 0 aliphatic carbocycles. The summed E-state index contributed by atoms with van der Waals surface area (Å²) in [7, 11) is 1.52. The Labute approximate surface area is 177 Å². The van der Waals surface area contributed by atoms with Gasteiger partial charge in [-0.15, -0.1) is 0 Å². The van der Waals surface area contributed by atoms with Crippen molar-refractivity contribution in [2.24, 2.45) is 0 Å². The fraction of sp³-hybridized carbons (Fsp3) is 0.391. The molecule has 2 rings (SSSR count).